The van der Waals surface area contributed by atoms with Gasteiger partial charge in [-0.1, -0.05) is 12.1 Å². The van der Waals surface area contributed by atoms with Crippen LogP contribution in [0.5, 0.6) is 17.2 Å². The van der Waals surface area contributed by atoms with Gasteiger partial charge in [-0.05, 0) is 89.4 Å². The van der Waals surface area contributed by atoms with Gasteiger partial charge in [0.2, 0.25) is 11.7 Å². The van der Waals surface area contributed by atoms with E-state index in [-0.39, 0.29) is 30.5 Å². The van der Waals surface area contributed by atoms with E-state index < -0.39 is 5.97 Å². The van der Waals surface area contributed by atoms with Crippen LogP contribution in [0.3, 0.4) is 0 Å². The molecule has 2 aromatic carbocycles. The highest BCUT2D eigenvalue weighted by Crippen LogP contribution is 2.45. The number of aromatic nitrogens is 1. The topological polar surface area (TPSA) is 102 Å². The summed E-state index contributed by atoms with van der Waals surface area (Å²) in [6.45, 7) is 6.82. The monoisotopic (exact) mass is 644 g/mol. The lowest BCUT2D eigenvalue weighted by atomic mass is 10.00. The van der Waals surface area contributed by atoms with Crippen molar-refractivity contribution >= 4 is 29.1 Å². The van der Waals surface area contributed by atoms with E-state index in [1.165, 1.54) is 26.4 Å². The molecule has 5 rings (SSSR count). The number of ether oxygens (including phenoxy) is 4. The van der Waals surface area contributed by atoms with E-state index in [1.54, 1.807) is 30.6 Å². The summed E-state index contributed by atoms with van der Waals surface area (Å²) < 4.78 is 36.9. The van der Waals surface area contributed by atoms with Crippen LogP contribution in [0.1, 0.15) is 35.6 Å². The molecule has 47 heavy (non-hydrogen) atoms. The molecule has 1 aliphatic carbocycles. The molecule has 2 aliphatic rings. The second kappa shape index (κ2) is 15.7. The number of hydrogen-bond donors (Lipinski definition) is 1. The number of pyridine rings is 1. The Balaban J connectivity index is 1.30. The van der Waals surface area contributed by atoms with E-state index >= 15 is 0 Å². The van der Waals surface area contributed by atoms with Gasteiger partial charge in [0, 0.05) is 51.7 Å². The fraction of sp³-hybridized carbons (Fsp3) is 0.361. The minimum Gasteiger partial charge on any atom is -0.493 e. The fourth-order valence-corrected chi connectivity index (χ4v) is 5.73. The SMILES string of the molecule is COc1cc(C=C2C(C)=C(CC(=O)NCc3cccnc3)c3cc(F)ccc32)cc(OC)c1OCC(=O)OCCN1CCN(C)CC1. The number of hydrogen-bond acceptors (Lipinski definition) is 9. The van der Waals surface area contributed by atoms with Crippen molar-refractivity contribution < 1.29 is 32.9 Å². The van der Waals surface area contributed by atoms with Crippen molar-refractivity contribution in [1.29, 1.82) is 0 Å². The summed E-state index contributed by atoms with van der Waals surface area (Å²) in [5.41, 5.74) is 5.56. The largest absolute Gasteiger partial charge is 0.493 e. The minimum absolute atomic E-state index is 0.0881. The third kappa shape index (κ3) is 8.55. The zero-order valence-corrected chi connectivity index (χ0v) is 27.3. The summed E-state index contributed by atoms with van der Waals surface area (Å²) in [6.07, 6.45) is 5.41. The molecule has 1 amide bonds. The molecular weight excluding hydrogens is 603 g/mol. The number of carbonyl (C=O) groups is 2. The highest BCUT2D eigenvalue weighted by atomic mass is 19.1. The minimum atomic E-state index is -0.484. The third-order valence-corrected chi connectivity index (χ3v) is 8.40. The smallest absolute Gasteiger partial charge is 0.344 e. The van der Waals surface area contributed by atoms with Crippen molar-refractivity contribution in [3.8, 4) is 17.2 Å². The first kappa shape index (κ1) is 33.6. The standard InChI is InChI=1S/C36H41FN4O6/c1-24-29(28-8-7-27(37)19-31(28)30(24)20-34(42)39-22-25-6-5-9-38-21-25)16-26-17-32(44-3)36(33(18-26)45-4)47-23-35(43)46-15-14-41-12-10-40(2)11-13-41/h5-9,16-19,21H,10-15,20,22-23H2,1-4H3,(H,39,42). The number of halogens is 1. The van der Waals surface area contributed by atoms with Crippen LogP contribution in [-0.4, -0.2) is 93.9 Å². The van der Waals surface area contributed by atoms with Gasteiger partial charge in [0.05, 0.1) is 20.6 Å². The number of esters is 1. The van der Waals surface area contributed by atoms with E-state index in [9.17, 15) is 14.0 Å². The Hall–Kier alpha value is -4.74. The van der Waals surface area contributed by atoms with Gasteiger partial charge in [-0.25, -0.2) is 9.18 Å². The van der Waals surface area contributed by atoms with E-state index in [2.05, 4.69) is 27.1 Å². The molecule has 11 heteroatoms. The lowest BCUT2D eigenvalue weighted by molar-refractivity contribution is -0.146. The lowest BCUT2D eigenvalue weighted by Crippen LogP contribution is -2.45. The predicted octanol–water partition coefficient (Wildman–Crippen LogP) is 4.44. The summed E-state index contributed by atoms with van der Waals surface area (Å²) in [5, 5.41) is 2.93. The van der Waals surface area contributed by atoms with Crippen molar-refractivity contribution in [2.45, 2.75) is 19.9 Å². The molecule has 1 saturated heterocycles. The first-order valence-electron chi connectivity index (χ1n) is 15.6. The van der Waals surface area contributed by atoms with E-state index in [1.807, 2.05) is 25.1 Å². The maximum absolute atomic E-state index is 14.4. The van der Waals surface area contributed by atoms with Gasteiger partial charge in [-0.15, -0.1) is 0 Å². The van der Waals surface area contributed by atoms with Crippen molar-refractivity contribution in [3.63, 3.8) is 0 Å². The van der Waals surface area contributed by atoms with Crippen molar-refractivity contribution in [1.82, 2.24) is 20.1 Å². The predicted molar refractivity (Wildman–Crippen MR) is 178 cm³/mol. The van der Waals surface area contributed by atoms with Crippen LogP contribution in [0.15, 0.2) is 60.4 Å². The molecule has 1 N–H and O–H groups in total. The molecule has 0 radical (unpaired) electrons. The van der Waals surface area contributed by atoms with Crippen LogP contribution < -0.4 is 19.5 Å². The number of fused-ring (bicyclic) bond motifs is 1. The van der Waals surface area contributed by atoms with Crippen LogP contribution in [-0.2, 0) is 20.9 Å². The number of carbonyl (C=O) groups excluding carboxylic acids is 2. The first-order valence-corrected chi connectivity index (χ1v) is 15.6. The zero-order chi connectivity index (χ0) is 33.3. The normalized spacial score (nSPS) is 15.8. The van der Waals surface area contributed by atoms with Gasteiger partial charge < -0.3 is 29.2 Å². The summed E-state index contributed by atoms with van der Waals surface area (Å²) in [4.78, 5) is 34.1. The molecule has 1 aliphatic heterocycles. The summed E-state index contributed by atoms with van der Waals surface area (Å²) >= 11 is 0. The average Bonchev–Trinajstić information content (AvgIpc) is 3.32. The summed E-state index contributed by atoms with van der Waals surface area (Å²) in [6, 6.07) is 11.9. The molecule has 3 aromatic rings. The number of nitrogens with one attached hydrogen (secondary N) is 1. The molecule has 10 nitrogen and oxygen atoms in total. The number of allylic oxidation sites excluding steroid dienone is 2. The lowest BCUT2D eigenvalue weighted by Gasteiger charge is -2.32. The van der Waals surface area contributed by atoms with Crippen molar-refractivity contribution in [3.05, 3.63) is 88.5 Å². The van der Waals surface area contributed by atoms with Crippen molar-refractivity contribution in [2.24, 2.45) is 0 Å². The Labute approximate surface area is 274 Å². The molecule has 0 unspecified atom stereocenters. The molecule has 248 valence electrons. The Bertz CT molecular complexity index is 1630. The van der Waals surface area contributed by atoms with Crippen LogP contribution in [0.2, 0.25) is 0 Å². The van der Waals surface area contributed by atoms with Crippen LogP contribution in [0, 0.1) is 5.82 Å². The van der Waals surface area contributed by atoms with E-state index in [0.717, 1.165) is 59.6 Å². The van der Waals surface area contributed by atoms with E-state index in [4.69, 9.17) is 18.9 Å². The fourth-order valence-electron chi connectivity index (χ4n) is 5.73. The highest BCUT2D eigenvalue weighted by Gasteiger charge is 2.26. The number of likely N-dealkylation sites (N-methyl/N-ethyl adjacent to an activating group) is 1. The molecule has 0 spiro atoms. The quantitative estimate of drug-likeness (QED) is 0.271. The van der Waals surface area contributed by atoms with Gasteiger partial charge in [0.1, 0.15) is 12.4 Å². The number of piperazine rings is 1. The Morgan fingerprint density at radius 2 is 1.77 bits per heavy atom. The Morgan fingerprint density at radius 1 is 1.02 bits per heavy atom. The number of amides is 1. The second-order valence-corrected chi connectivity index (χ2v) is 11.6. The molecule has 0 bridgehead atoms. The van der Waals surface area contributed by atoms with Gasteiger partial charge >= 0.3 is 5.97 Å². The van der Waals surface area contributed by atoms with Crippen LogP contribution >= 0.6 is 0 Å². The van der Waals surface area contributed by atoms with Crippen LogP contribution in [0.4, 0.5) is 4.39 Å². The number of rotatable bonds is 13. The maximum Gasteiger partial charge on any atom is 0.344 e. The Kier molecular flexibility index (Phi) is 11.2. The van der Waals surface area contributed by atoms with Crippen LogP contribution in [0.25, 0.3) is 17.2 Å². The van der Waals surface area contributed by atoms with Gasteiger partial charge in [0.25, 0.3) is 0 Å². The summed E-state index contributed by atoms with van der Waals surface area (Å²) in [7, 11) is 5.11. The second-order valence-electron chi connectivity index (χ2n) is 11.6. The molecule has 1 aromatic heterocycles. The number of nitrogens with zero attached hydrogens (tertiary/aromatic N) is 3. The highest BCUT2D eigenvalue weighted by molar-refractivity contribution is 6.08. The number of benzene rings is 2. The Morgan fingerprint density at radius 3 is 2.45 bits per heavy atom. The zero-order valence-electron chi connectivity index (χ0n) is 27.3. The maximum atomic E-state index is 14.4. The average molecular weight is 645 g/mol. The van der Waals surface area contributed by atoms with Gasteiger partial charge in [0.15, 0.2) is 18.1 Å². The molecular formula is C36H41FN4O6. The molecule has 0 saturated carbocycles. The molecule has 2 heterocycles. The van der Waals surface area contributed by atoms with Crippen molar-refractivity contribution in [2.75, 3.05) is 67.2 Å². The third-order valence-electron chi connectivity index (χ3n) is 8.40. The van der Waals surface area contributed by atoms with Gasteiger partial charge in [-0.3, -0.25) is 14.7 Å². The number of methoxy groups -OCH3 is 2. The first-order chi connectivity index (χ1) is 22.7. The molecule has 0 atom stereocenters. The summed E-state index contributed by atoms with van der Waals surface area (Å²) in [5.74, 6) is -0.0239. The van der Waals surface area contributed by atoms with E-state index in [0.29, 0.717) is 36.8 Å². The molecule has 1 fully saturated rings. The van der Waals surface area contributed by atoms with Gasteiger partial charge in [-0.2, -0.15) is 0 Å².